The van der Waals surface area contributed by atoms with E-state index in [1.807, 2.05) is 45.0 Å². The highest BCUT2D eigenvalue weighted by molar-refractivity contribution is 6.02. The number of benzene rings is 1. The predicted octanol–water partition coefficient (Wildman–Crippen LogP) is 2.74. The fraction of sp³-hybridized carbons (Fsp3) is 0.471. The van der Waals surface area contributed by atoms with E-state index < -0.39 is 17.7 Å². The van der Waals surface area contributed by atoms with Gasteiger partial charge in [-0.05, 0) is 33.3 Å². The topological polar surface area (TPSA) is 82.5 Å². The second-order valence-electron chi connectivity index (χ2n) is 6.36. The maximum Gasteiger partial charge on any atom is 0.407 e. The van der Waals surface area contributed by atoms with Crippen molar-refractivity contribution in [2.75, 3.05) is 13.7 Å². The van der Waals surface area contributed by atoms with E-state index in [2.05, 4.69) is 10.4 Å². The number of carbonyl (C=O) groups is 2. The minimum absolute atomic E-state index is 0.422. The van der Waals surface area contributed by atoms with Crippen LogP contribution in [0.15, 0.2) is 24.3 Å². The maximum atomic E-state index is 12.0. The molecule has 0 spiro atoms. The first-order valence-corrected chi connectivity index (χ1v) is 7.82. The molecule has 0 bridgehead atoms. The van der Waals surface area contributed by atoms with Crippen LogP contribution in [0.2, 0.25) is 0 Å². The second-order valence-corrected chi connectivity index (χ2v) is 6.36. The summed E-state index contributed by atoms with van der Waals surface area (Å²) in [7, 11) is 1.35. The van der Waals surface area contributed by atoms with E-state index in [-0.39, 0.29) is 0 Å². The van der Waals surface area contributed by atoms with Gasteiger partial charge in [0.05, 0.1) is 12.6 Å². The Kier molecular flexibility index (Phi) is 5.43. The zero-order valence-corrected chi connectivity index (χ0v) is 14.5. The van der Waals surface area contributed by atoms with Crippen LogP contribution in [0.4, 0.5) is 4.79 Å². The zero-order valence-electron chi connectivity index (χ0n) is 14.5. The Balaban J connectivity index is 2.00. The van der Waals surface area contributed by atoms with Crippen LogP contribution in [0.25, 0.3) is 10.9 Å². The Bertz CT molecular complexity index is 731. The highest BCUT2D eigenvalue weighted by Crippen LogP contribution is 2.19. The molecule has 2 aromatic rings. The second kappa shape index (κ2) is 7.33. The van der Waals surface area contributed by atoms with E-state index in [9.17, 15) is 9.59 Å². The predicted molar refractivity (Wildman–Crippen MR) is 89.9 cm³/mol. The molecule has 7 heteroatoms. The van der Waals surface area contributed by atoms with Crippen molar-refractivity contribution in [3.8, 4) is 0 Å². The standard InChI is InChI=1S/C17H23N3O4/c1-17(2,3)24-16(22)18-10-7-11-20-14(15(21)23-4)12-8-5-6-9-13(12)19-20/h5-6,8-9H,7,10-11H2,1-4H3,(H,18,22). The van der Waals surface area contributed by atoms with E-state index in [4.69, 9.17) is 9.47 Å². The van der Waals surface area contributed by atoms with Crippen LogP contribution in [0.3, 0.4) is 0 Å². The van der Waals surface area contributed by atoms with Gasteiger partial charge in [-0.2, -0.15) is 5.10 Å². The summed E-state index contributed by atoms with van der Waals surface area (Å²) in [5.41, 5.74) is 0.630. The van der Waals surface area contributed by atoms with Gasteiger partial charge >= 0.3 is 12.1 Å². The van der Waals surface area contributed by atoms with Crippen molar-refractivity contribution >= 4 is 23.0 Å². The molecule has 0 fully saturated rings. The third kappa shape index (κ3) is 4.47. The van der Waals surface area contributed by atoms with Gasteiger partial charge in [0.25, 0.3) is 0 Å². The molecule has 1 N–H and O–H groups in total. The highest BCUT2D eigenvalue weighted by Gasteiger charge is 2.19. The largest absolute Gasteiger partial charge is 0.464 e. The van der Waals surface area contributed by atoms with E-state index >= 15 is 0 Å². The third-order valence-corrected chi connectivity index (χ3v) is 3.24. The summed E-state index contributed by atoms with van der Waals surface area (Å²) in [6.07, 6.45) is 0.151. The molecule has 2 rings (SSSR count). The zero-order chi connectivity index (χ0) is 17.7. The van der Waals surface area contributed by atoms with Gasteiger partial charge in [-0.3, -0.25) is 4.68 Å². The molecule has 0 aliphatic carbocycles. The first-order valence-electron chi connectivity index (χ1n) is 7.82. The Labute approximate surface area is 140 Å². The molecule has 0 unspecified atom stereocenters. The van der Waals surface area contributed by atoms with Crippen LogP contribution < -0.4 is 5.32 Å². The number of methoxy groups -OCH3 is 1. The number of nitrogens with zero attached hydrogens (tertiary/aromatic N) is 2. The van der Waals surface area contributed by atoms with Crippen molar-refractivity contribution in [3.63, 3.8) is 0 Å². The van der Waals surface area contributed by atoms with Gasteiger partial charge in [0.2, 0.25) is 0 Å². The average molecular weight is 333 g/mol. The third-order valence-electron chi connectivity index (χ3n) is 3.24. The summed E-state index contributed by atoms with van der Waals surface area (Å²) in [5.74, 6) is -0.427. The van der Waals surface area contributed by atoms with Gasteiger partial charge in [0.15, 0.2) is 5.69 Å². The summed E-state index contributed by atoms with van der Waals surface area (Å²) >= 11 is 0. The minimum Gasteiger partial charge on any atom is -0.464 e. The van der Waals surface area contributed by atoms with Crippen LogP contribution in [0, 0.1) is 0 Å². The van der Waals surface area contributed by atoms with Crippen molar-refractivity contribution in [2.45, 2.75) is 39.3 Å². The summed E-state index contributed by atoms with van der Waals surface area (Å²) in [6, 6.07) is 7.40. The number of fused-ring (bicyclic) bond motifs is 1. The van der Waals surface area contributed by atoms with Crippen LogP contribution in [-0.4, -0.2) is 41.1 Å². The average Bonchev–Trinajstić information content (AvgIpc) is 2.87. The molecule has 1 aromatic carbocycles. The molecule has 0 saturated heterocycles. The van der Waals surface area contributed by atoms with E-state index in [1.165, 1.54) is 7.11 Å². The summed E-state index contributed by atoms with van der Waals surface area (Å²) < 4.78 is 11.6. The molecule has 0 saturated carbocycles. The number of ether oxygens (including phenoxy) is 2. The lowest BCUT2D eigenvalue weighted by Gasteiger charge is -2.19. The number of carbonyl (C=O) groups excluding carboxylic acids is 2. The van der Waals surface area contributed by atoms with Gasteiger partial charge in [-0.25, -0.2) is 9.59 Å². The SMILES string of the molecule is COC(=O)c1c2ccccc2nn1CCCNC(=O)OC(C)(C)C. The summed E-state index contributed by atoms with van der Waals surface area (Å²) in [5, 5.41) is 7.87. The Morgan fingerprint density at radius 2 is 1.96 bits per heavy atom. The van der Waals surface area contributed by atoms with Crippen molar-refractivity contribution in [3.05, 3.63) is 30.0 Å². The van der Waals surface area contributed by atoms with Crippen LogP contribution in [0.1, 0.15) is 37.7 Å². The Morgan fingerprint density at radius 3 is 2.62 bits per heavy atom. The van der Waals surface area contributed by atoms with Crippen LogP contribution in [0.5, 0.6) is 0 Å². The lowest BCUT2D eigenvalue weighted by atomic mass is 10.2. The number of amides is 1. The summed E-state index contributed by atoms with van der Waals surface area (Å²) in [4.78, 5) is 23.6. The monoisotopic (exact) mass is 333 g/mol. The normalized spacial score (nSPS) is 11.3. The van der Waals surface area contributed by atoms with Crippen LogP contribution >= 0.6 is 0 Å². The molecule has 0 radical (unpaired) electrons. The van der Waals surface area contributed by atoms with Gasteiger partial charge in [0, 0.05) is 18.5 Å². The fourth-order valence-electron chi connectivity index (χ4n) is 2.29. The van der Waals surface area contributed by atoms with E-state index in [1.54, 1.807) is 4.68 Å². The molecular formula is C17H23N3O4. The van der Waals surface area contributed by atoms with Crippen molar-refractivity contribution in [1.82, 2.24) is 15.1 Å². The van der Waals surface area contributed by atoms with Gasteiger partial charge in [0.1, 0.15) is 5.60 Å². The number of alkyl carbamates (subject to hydrolysis) is 1. The Hall–Kier alpha value is -2.57. The molecule has 7 nitrogen and oxygen atoms in total. The van der Waals surface area contributed by atoms with Crippen molar-refractivity contribution in [2.24, 2.45) is 0 Å². The minimum atomic E-state index is -0.526. The number of aryl methyl sites for hydroxylation is 1. The number of aromatic nitrogens is 2. The van der Waals surface area contributed by atoms with Crippen molar-refractivity contribution < 1.29 is 19.1 Å². The highest BCUT2D eigenvalue weighted by atomic mass is 16.6. The number of hydrogen-bond donors (Lipinski definition) is 1. The van der Waals surface area contributed by atoms with Crippen molar-refractivity contribution in [1.29, 1.82) is 0 Å². The number of nitrogens with one attached hydrogen (secondary N) is 1. The molecule has 0 aliphatic rings. The first-order chi connectivity index (χ1) is 11.3. The molecule has 0 atom stereocenters. The molecule has 0 aliphatic heterocycles. The van der Waals surface area contributed by atoms with Gasteiger partial charge < -0.3 is 14.8 Å². The fourth-order valence-corrected chi connectivity index (χ4v) is 2.29. The smallest absolute Gasteiger partial charge is 0.407 e. The molecule has 1 amide bonds. The van der Waals surface area contributed by atoms with E-state index in [0.29, 0.717) is 25.2 Å². The summed E-state index contributed by atoms with van der Waals surface area (Å²) in [6.45, 7) is 6.33. The van der Waals surface area contributed by atoms with E-state index in [0.717, 1.165) is 10.9 Å². The lowest BCUT2D eigenvalue weighted by molar-refractivity contribution is 0.0522. The Morgan fingerprint density at radius 1 is 1.25 bits per heavy atom. The molecular weight excluding hydrogens is 310 g/mol. The number of rotatable bonds is 5. The maximum absolute atomic E-state index is 12.0. The molecule has 1 aromatic heterocycles. The van der Waals surface area contributed by atoms with Gasteiger partial charge in [-0.1, -0.05) is 18.2 Å². The number of hydrogen-bond acceptors (Lipinski definition) is 5. The quantitative estimate of drug-likeness (QED) is 0.672. The van der Waals surface area contributed by atoms with Crippen LogP contribution in [-0.2, 0) is 16.0 Å². The molecule has 130 valence electrons. The lowest BCUT2D eigenvalue weighted by Crippen LogP contribution is -2.33. The van der Waals surface area contributed by atoms with Gasteiger partial charge in [-0.15, -0.1) is 0 Å². The molecule has 1 heterocycles. The first kappa shape index (κ1) is 17.8. The molecule has 24 heavy (non-hydrogen) atoms. The number of esters is 1.